The minimum absolute atomic E-state index is 0.0841. The number of hydrogen-bond acceptors (Lipinski definition) is 2. The Morgan fingerprint density at radius 3 is 2.77 bits per heavy atom. The molecule has 0 bridgehead atoms. The summed E-state index contributed by atoms with van der Waals surface area (Å²) in [6.07, 6.45) is 4.85. The van der Waals surface area contributed by atoms with Crippen LogP contribution in [0.5, 0.6) is 0 Å². The highest BCUT2D eigenvalue weighted by Crippen LogP contribution is 2.30. The summed E-state index contributed by atoms with van der Waals surface area (Å²) in [6, 6.07) is 5.77. The van der Waals surface area contributed by atoms with Crippen molar-refractivity contribution in [2.45, 2.75) is 45.1 Å². The van der Waals surface area contributed by atoms with E-state index in [1.807, 2.05) is 17.9 Å². The third kappa shape index (κ3) is 3.12. The molecule has 1 aromatic carbocycles. The van der Waals surface area contributed by atoms with Gasteiger partial charge in [-0.05, 0) is 37.5 Å². The Balaban J connectivity index is 1.65. The van der Waals surface area contributed by atoms with E-state index < -0.39 is 0 Å². The van der Waals surface area contributed by atoms with E-state index in [1.54, 1.807) is 12.1 Å². The first-order chi connectivity index (χ1) is 10.5. The molecule has 1 N–H and O–H groups in total. The monoisotopic (exact) mass is 320 g/mol. The summed E-state index contributed by atoms with van der Waals surface area (Å²) in [5.74, 6) is -0.222. The number of anilines is 1. The fourth-order valence-electron chi connectivity index (χ4n) is 3.44. The van der Waals surface area contributed by atoms with Crippen molar-refractivity contribution in [3.8, 4) is 0 Å². The van der Waals surface area contributed by atoms with Crippen LogP contribution in [0.15, 0.2) is 18.2 Å². The van der Waals surface area contributed by atoms with Crippen LogP contribution < -0.4 is 5.32 Å². The van der Waals surface area contributed by atoms with Gasteiger partial charge in [0.2, 0.25) is 11.8 Å². The highest BCUT2D eigenvalue weighted by Gasteiger charge is 2.38. The molecular weight excluding hydrogens is 300 g/mol. The van der Waals surface area contributed by atoms with E-state index >= 15 is 0 Å². The summed E-state index contributed by atoms with van der Waals surface area (Å²) in [7, 11) is 0. The Kier molecular flexibility index (Phi) is 4.39. The lowest BCUT2D eigenvalue weighted by Crippen LogP contribution is -2.35. The van der Waals surface area contributed by atoms with Crippen molar-refractivity contribution < 1.29 is 9.59 Å². The fraction of sp³-hybridized carbons (Fsp3) is 0.529. The molecule has 4 nitrogen and oxygen atoms in total. The number of aryl methyl sites for hydroxylation is 1. The number of amides is 2. The van der Waals surface area contributed by atoms with Crippen molar-refractivity contribution in [3.63, 3.8) is 0 Å². The van der Waals surface area contributed by atoms with Crippen LogP contribution in [-0.4, -0.2) is 29.3 Å². The van der Waals surface area contributed by atoms with Crippen LogP contribution in [-0.2, 0) is 9.59 Å². The van der Waals surface area contributed by atoms with Gasteiger partial charge in [-0.15, -0.1) is 0 Å². The molecule has 0 radical (unpaired) electrons. The highest BCUT2D eigenvalue weighted by molar-refractivity contribution is 6.31. The number of hydrogen-bond donors (Lipinski definition) is 1. The third-order valence-corrected chi connectivity index (χ3v) is 4.99. The molecule has 2 aliphatic rings. The predicted octanol–water partition coefficient (Wildman–Crippen LogP) is 3.38. The standard InChI is InChI=1S/C17H21ClN2O2/c1-11-6-7-13(18)9-15(11)19-17(22)12-8-16(21)20(10-12)14-4-2-3-5-14/h6-7,9,12,14H,2-5,8,10H2,1H3,(H,19,22)/t12-/m0/s1. The maximum atomic E-state index is 12.5. The molecule has 0 spiro atoms. The molecule has 1 atom stereocenters. The highest BCUT2D eigenvalue weighted by atomic mass is 35.5. The Hall–Kier alpha value is -1.55. The molecule has 1 saturated carbocycles. The summed E-state index contributed by atoms with van der Waals surface area (Å²) >= 11 is 5.98. The van der Waals surface area contributed by atoms with E-state index in [-0.39, 0.29) is 17.7 Å². The first kappa shape index (κ1) is 15.3. The number of benzene rings is 1. The fourth-order valence-corrected chi connectivity index (χ4v) is 3.61. The lowest BCUT2D eigenvalue weighted by molar-refractivity contribution is -0.129. The Morgan fingerprint density at radius 2 is 2.05 bits per heavy atom. The smallest absolute Gasteiger partial charge is 0.229 e. The number of likely N-dealkylation sites (tertiary alicyclic amines) is 1. The van der Waals surface area contributed by atoms with Crippen molar-refractivity contribution in [2.24, 2.45) is 5.92 Å². The molecule has 1 saturated heterocycles. The predicted molar refractivity (Wildman–Crippen MR) is 86.9 cm³/mol. The van der Waals surface area contributed by atoms with E-state index in [4.69, 9.17) is 11.6 Å². The van der Waals surface area contributed by atoms with E-state index in [0.717, 1.165) is 24.1 Å². The van der Waals surface area contributed by atoms with Gasteiger partial charge in [0.15, 0.2) is 0 Å². The number of carbonyl (C=O) groups excluding carboxylic acids is 2. The van der Waals surface area contributed by atoms with Crippen LogP contribution in [0.1, 0.15) is 37.7 Å². The van der Waals surface area contributed by atoms with Crippen LogP contribution in [0, 0.1) is 12.8 Å². The molecule has 2 amide bonds. The maximum Gasteiger partial charge on any atom is 0.229 e. The van der Waals surface area contributed by atoms with Crippen LogP contribution in [0.2, 0.25) is 5.02 Å². The molecule has 3 rings (SSSR count). The van der Waals surface area contributed by atoms with Crippen LogP contribution in [0.4, 0.5) is 5.69 Å². The van der Waals surface area contributed by atoms with Crippen LogP contribution in [0.3, 0.4) is 0 Å². The first-order valence-electron chi connectivity index (χ1n) is 7.91. The normalized spacial score (nSPS) is 22.4. The van der Waals surface area contributed by atoms with Gasteiger partial charge in [-0.25, -0.2) is 0 Å². The summed E-state index contributed by atoms with van der Waals surface area (Å²) in [5, 5.41) is 3.52. The summed E-state index contributed by atoms with van der Waals surface area (Å²) in [4.78, 5) is 26.5. The molecule has 1 aliphatic carbocycles. The number of rotatable bonds is 3. The van der Waals surface area contributed by atoms with E-state index in [1.165, 1.54) is 12.8 Å². The quantitative estimate of drug-likeness (QED) is 0.928. The van der Waals surface area contributed by atoms with Crippen molar-refractivity contribution in [3.05, 3.63) is 28.8 Å². The minimum Gasteiger partial charge on any atom is -0.339 e. The number of carbonyl (C=O) groups is 2. The molecule has 118 valence electrons. The van der Waals surface area contributed by atoms with Gasteiger partial charge in [0.25, 0.3) is 0 Å². The topological polar surface area (TPSA) is 49.4 Å². The van der Waals surface area contributed by atoms with Gasteiger partial charge >= 0.3 is 0 Å². The van der Waals surface area contributed by atoms with Crippen molar-refractivity contribution in [1.29, 1.82) is 0 Å². The van der Waals surface area contributed by atoms with Gasteiger partial charge in [-0.2, -0.15) is 0 Å². The largest absolute Gasteiger partial charge is 0.339 e. The van der Waals surface area contributed by atoms with Crippen molar-refractivity contribution in [1.82, 2.24) is 4.90 Å². The Morgan fingerprint density at radius 1 is 1.32 bits per heavy atom. The molecule has 5 heteroatoms. The Labute approximate surface area is 135 Å². The van der Waals surface area contributed by atoms with E-state index in [0.29, 0.717) is 24.0 Å². The second kappa shape index (κ2) is 6.29. The summed E-state index contributed by atoms with van der Waals surface area (Å²) < 4.78 is 0. The summed E-state index contributed by atoms with van der Waals surface area (Å²) in [5.41, 5.74) is 1.69. The zero-order chi connectivity index (χ0) is 15.7. The van der Waals surface area contributed by atoms with Crippen molar-refractivity contribution >= 4 is 29.1 Å². The molecular formula is C17H21ClN2O2. The van der Waals surface area contributed by atoms with Gasteiger partial charge in [-0.1, -0.05) is 30.5 Å². The third-order valence-electron chi connectivity index (χ3n) is 4.75. The molecule has 22 heavy (non-hydrogen) atoms. The van der Waals surface area contributed by atoms with E-state index in [2.05, 4.69) is 5.32 Å². The van der Waals surface area contributed by atoms with E-state index in [9.17, 15) is 9.59 Å². The molecule has 0 unspecified atom stereocenters. The van der Waals surface area contributed by atoms with Crippen LogP contribution in [0.25, 0.3) is 0 Å². The average molecular weight is 321 g/mol. The second-order valence-corrected chi connectivity index (χ2v) is 6.77. The van der Waals surface area contributed by atoms with Gasteiger partial charge in [0.05, 0.1) is 5.92 Å². The Bertz CT molecular complexity index is 596. The average Bonchev–Trinajstić information content (AvgIpc) is 3.11. The zero-order valence-corrected chi connectivity index (χ0v) is 13.5. The molecule has 1 aromatic rings. The van der Waals surface area contributed by atoms with Gasteiger partial charge < -0.3 is 10.2 Å². The lowest BCUT2D eigenvalue weighted by atomic mass is 10.1. The summed E-state index contributed by atoms with van der Waals surface area (Å²) in [6.45, 7) is 2.48. The minimum atomic E-state index is -0.258. The van der Waals surface area contributed by atoms with Crippen molar-refractivity contribution in [2.75, 3.05) is 11.9 Å². The van der Waals surface area contributed by atoms with Crippen LogP contribution >= 0.6 is 11.6 Å². The maximum absolute atomic E-state index is 12.5. The number of halogens is 1. The zero-order valence-electron chi connectivity index (χ0n) is 12.8. The molecule has 1 aliphatic heterocycles. The SMILES string of the molecule is Cc1ccc(Cl)cc1NC(=O)[C@H]1CC(=O)N(C2CCCC2)C1. The van der Waals surface area contributed by atoms with Gasteiger partial charge in [-0.3, -0.25) is 9.59 Å². The van der Waals surface area contributed by atoms with Gasteiger partial charge in [0.1, 0.15) is 0 Å². The number of nitrogens with zero attached hydrogens (tertiary/aromatic N) is 1. The molecule has 0 aromatic heterocycles. The van der Waals surface area contributed by atoms with Gasteiger partial charge in [0, 0.05) is 29.7 Å². The second-order valence-electron chi connectivity index (χ2n) is 6.33. The lowest BCUT2D eigenvalue weighted by Gasteiger charge is -2.24. The first-order valence-corrected chi connectivity index (χ1v) is 8.29. The number of nitrogens with one attached hydrogen (secondary N) is 1. The molecule has 2 fully saturated rings. The molecule has 1 heterocycles.